The Morgan fingerprint density at radius 1 is 1.25 bits per heavy atom. The van der Waals surface area contributed by atoms with Crippen LogP contribution in [0.2, 0.25) is 0 Å². The van der Waals surface area contributed by atoms with Gasteiger partial charge in [0, 0.05) is 17.5 Å². The molecule has 0 bridgehead atoms. The number of aromatic nitrogens is 1. The molecule has 1 aromatic heterocycles. The fourth-order valence-electron chi connectivity index (χ4n) is 2.31. The maximum atomic E-state index is 10.9. The van der Waals surface area contributed by atoms with E-state index in [1.54, 1.807) is 0 Å². The van der Waals surface area contributed by atoms with Crippen LogP contribution < -0.4 is 5.73 Å². The van der Waals surface area contributed by atoms with Crippen molar-refractivity contribution in [2.45, 2.75) is 46.0 Å². The topological polar surface area (TPSA) is 56.0 Å². The molecule has 0 aliphatic heterocycles. The average Bonchev–Trinajstić information content (AvgIpc) is 2.35. The van der Waals surface area contributed by atoms with Gasteiger partial charge in [-0.05, 0) is 48.1 Å². The first-order valence-corrected chi connectivity index (χ1v) is 6.96. The molecule has 3 nitrogen and oxygen atoms in total. The van der Waals surface area contributed by atoms with Crippen molar-refractivity contribution < 1.29 is 4.79 Å². The number of hydrogen-bond acceptors (Lipinski definition) is 2. The third-order valence-electron chi connectivity index (χ3n) is 3.56. The molecule has 20 heavy (non-hydrogen) atoms. The summed E-state index contributed by atoms with van der Waals surface area (Å²) in [7, 11) is 0. The minimum absolute atomic E-state index is 0.130. The van der Waals surface area contributed by atoms with Crippen molar-refractivity contribution in [3.8, 4) is 0 Å². The molecule has 1 amide bonds. The first-order chi connectivity index (χ1) is 9.27. The average molecular weight is 270 g/mol. The van der Waals surface area contributed by atoms with Crippen LogP contribution in [0.15, 0.2) is 24.3 Å². The summed E-state index contributed by atoms with van der Waals surface area (Å²) < 4.78 is 0. The molecule has 1 aromatic carbocycles. The van der Waals surface area contributed by atoms with E-state index in [4.69, 9.17) is 5.73 Å². The zero-order valence-electron chi connectivity index (χ0n) is 12.7. The van der Waals surface area contributed by atoms with E-state index < -0.39 is 0 Å². The predicted molar refractivity (Wildman–Crippen MR) is 82.7 cm³/mol. The number of primary amides is 1. The lowest BCUT2D eigenvalue weighted by atomic mass is 9.86. The molecule has 0 aliphatic carbocycles. The number of benzene rings is 1. The summed E-state index contributed by atoms with van der Waals surface area (Å²) in [6.45, 7) is 8.71. The second-order valence-electron chi connectivity index (χ2n) is 6.38. The Morgan fingerprint density at radius 3 is 2.55 bits per heavy atom. The van der Waals surface area contributed by atoms with Gasteiger partial charge < -0.3 is 5.73 Å². The number of carbonyl (C=O) groups is 1. The zero-order chi connectivity index (χ0) is 14.9. The van der Waals surface area contributed by atoms with E-state index in [0.717, 1.165) is 11.2 Å². The molecule has 0 unspecified atom stereocenters. The van der Waals surface area contributed by atoms with Gasteiger partial charge in [-0.1, -0.05) is 26.8 Å². The van der Waals surface area contributed by atoms with E-state index in [9.17, 15) is 4.79 Å². The largest absolute Gasteiger partial charge is 0.370 e. The van der Waals surface area contributed by atoms with Crippen LogP contribution in [0.4, 0.5) is 0 Å². The predicted octanol–water partition coefficient (Wildman–Crippen LogP) is 3.26. The number of rotatable bonds is 3. The highest BCUT2D eigenvalue weighted by atomic mass is 16.1. The molecule has 0 saturated heterocycles. The van der Waals surface area contributed by atoms with Crippen molar-refractivity contribution in [2.75, 3.05) is 0 Å². The summed E-state index contributed by atoms with van der Waals surface area (Å²) in [5.74, 6) is -0.285. The second kappa shape index (κ2) is 5.23. The van der Waals surface area contributed by atoms with Crippen molar-refractivity contribution in [3.05, 3.63) is 41.1 Å². The van der Waals surface area contributed by atoms with E-state index >= 15 is 0 Å². The monoisotopic (exact) mass is 270 g/mol. The Hall–Kier alpha value is -1.90. The summed E-state index contributed by atoms with van der Waals surface area (Å²) >= 11 is 0. The molecule has 0 spiro atoms. The summed E-state index contributed by atoms with van der Waals surface area (Å²) in [6.07, 6.45) is 0.950. The van der Waals surface area contributed by atoms with Crippen molar-refractivity contribution in [1.82, 2.24) is 4.98 Å². The van der Waals surface area contributed by atoms with Gasteiger partial charge in [0.15, 0.2) is 0 Å². The fraction of sp³-hybridized carbons (Fsp3) is 0.412. The number of aryl methyl sites for hydroxylation is 2. The Bertz CT molecular complexity index is 654. The van der Waals surface area contributed by atoms with Crippen LogP contribution in [0.1, 0.15) is 44.0 Å². The Labute approximate surface area is 120 Å². The fourth-order valence-corrected chi connectivity index (χ4v) is 2.31. The number of nitrogens with zero attached hydrogens (tertiary/aromatic N) is 1. The zero-order valence-corrected chi connectivity index (χ0v) is 12.7. The molecule has 1 heterocycles. The standard InChI is InChI=1S/C17H22N2O/c1-11-9-13(6-8-16(18)20)19-15-7-5-12(10-14(11)15)17(2,3)4/h5,7,9-10H,6,8H2,1-4H3,(H2,18,20). The van der Waals surface area contributed by atoms with Gasteiger partial charge in [-0.15, -0.1) is 0 Å². The van der Waals surface area contributed by atoms with E-state index in [2.05, 4.69) is 56.9 Å². The first-order valence-electron chi connectivity index (χ1n) is 6.96. The van der Waals surface area contributed by atoms with Gasteiger partial charge in [0.1, 0.15) is 0 Å². The van der Waals surface area contributed by atoms with Crippen LogP contribution >= 0.6 is 0 Å². The van der Waals surface area contributed by atoms with Crippen molar-refractivity contribution in [1.29, 1.82) is 0 Å². The molecule has 0 fully saturated rings. The molecule has 0 radical (unpaired) electrons. The highest BCUT2D eigenvalue weighted by molar-refractivity contribution is 5.83. The Balaban J connectivity index is 2.44. The molecule has 0 aliphatic rings. The number of hydrogen-bond donors (Lipinski definition) is 1. The lowest BCUT2D eigenvalue weighted by Gasteiger charge is -2.20. The lowest BCUT2D eigenvalue weighted by Crippen LogP contribution is -2.12. The third-order valence-corrected chi connectivity index (χ3v) is 3.56. The van der Waals surface area contributed by atoms with Crippen LogP contribution in [0.25, 0.3) is 10.9 Å². The number of nitrogens with two attached hydrogens (primary N) is 1. The van der Waals surface area contributed by atoms with E-state index in [-0.39, 0.29) is 11.3 Å². The van der Waals surface area contributed by atoms with E-state index in [1.165, 1.54) is 16.5 Å². The number of amides is 1. The SMILES string of the molecule is Cc1cc(CCC(N)=O)nc2ccc(C(C)(C)C)cc12. The van der Waals surface area contributed by atoms with Gasteiger partial charge in [-0.3, -0.25) is 9.78 Å². The third kappa shape index (κ3) is 3.16. The number of carbonyl (C=O) groups excluding carboxylic acids is 1. The van der Waals surface area contributed by atoms with Crippen LogP contribution in [0.5, 0.6) is 0 Å². The van der Waals surface area contributed by atoms with Crippen LogP contribution in [0.3, 0.4) is 0 Å². The van der Waals surface area contributed by atoms with Crippen LogP contribution in [0, 0.1) is 6.92 Å². The van der Waals surface area contributed by atoms with Gasteiger partial charge in [0.2, 0.25) is 5.91 Å². The van der Waals surface area contributed by atoms with Crippen LogP contribution in [-0.2, 0) is 16.6 Å². The van der Waals surface area contributed by atoms with Crippen molar-refractivity contribution in [2.24, 2.45) is 5.73 Å². The minimum Gasteiger partial charge on any atom is -0.370 e. The maximum Gasteiger partial charge on any atom is 0.217 e. The van der Waals surface area contributed by atoms with Crippen molar-refractivity contribution >= 4 is 16.8 Å². The van der Waals surface area contributed by atoms with Gasteiger partial charge >= 0.3 is 0 Å². The number of fused-ring (bicyclic) bond motifs is 1. The van der Waals surface area contributed by atoms with Gasteiger partial charge in [-0.2, -0.15) is 0 Å². The summed E-state index contributed by atoms with van der Waals surface area (Å²) in [4.78, 5) is 15.5. The van der Waals surface area contributed by atoms with Gasteiger partial charge in [0.25, 0.3) is 0 Å². The highest BCUT2D eigenvalue weighted by Crippen LogP contribution is 2.27. The smallest absolute Gasteiger partial charge is 0.217 e. The molecular formula is C17H22N2O. The molecule has 0 atom stereocenters. The summed E-state index contributed by atoms with van der Waals surface area (Å²) in [6, 6.07) is 8.47. The normalized spacial score (nSPS) is 11.8. The molecular weight excluding hydrogens is 248 g/mol. The molecule has 2 aromatic rings. The molecule has 2 rings (SSSR count). The highest BCUT2D eigenvalue weighted by Gasteiger charge is 2.14. The van der Waals surface area contributed by atoms with Gasteiger partial charge in [-0.25, -0.2) is 0 Å². The lowest BCUT2D eigenvalue weighted by molar-refractivity contribution is -0.118. The Morgan fingerprint density at radius 2 is 1.95 bits per heavy atom. The minimum atomic E-state index is -0.285. The van der Waals surface area contributed by atoms with E-state index in [0.29, 0.717) is 12.8 Å². The van der Waals surface area contributed by atoms with Crippen LogP contribution in [-0.4, -0.2) is 10.9 Å². The quantitative estimate of drug-likeness (QED) is 0.930. The Kier molecular flexibility index (Phi) is 3.80. The van der Waals surface area contributed by atoms with Gasteiger partial charge in [0.05, 0.1) is 5.52 Å². The molecule has 0 saturated carbocycles. The van der Waals surface area contributed by atoms with Crippen molar-refractivity contribution in [3.63, 3.8) is 0 Å². The second-order valence-corrected chi connectivity index (χ2v) is 6.38. The molecule has 2 N–H and O–H groups in total. The molecule has 3 heteroatoms. The summed E-state index contributed by atoms with van der Waals surface area (Å²) in [5.41, 5.74) is 9.73. The molecule has 106 valence electrons. The summed E-state index contributed by atoms with van der Waals surface area (Å²) in [5, 5.41) is 1.18. The van der Waals surface area contributed by atoms with E-state index in [1.807, 2.05) is 0 Å². The number of pyridine rings is 1. The first kappa shape index (κ1) is 14.5. The maximum absolute atomic E-state index is 10.9.